The number of nitrogens with one attached hydrogen (secondary N) is 1. The Morgan fingerprint density at radius 3 is 2.52 bits per heavy atom. The van der Waals surface area contributed by atoms with Crippen molar-refractivity contribution in [3.63, 3.8) is 0 Å². The van der Waals surface area contributed by atoms with Gasteiger partial charge in [-0.3, -0.25) is 9.59 Å². The number of carbonyl (C=O) groups excluding carboxylic acids is 2. The van der Waals surface area contributed by atoms with E-state index in [1.165, 1.54) is 0 Å². The number of hydrogen-bond donors (Lipinski definition) is 1. The number of benzene rings is 1. The Hall–Kier alpha value is -1.83. The number of nitrogens with zero attached hydrogens (tertiary/aromatic N) is 1. The third-order valence-electron chi connectivity index (χ3n) is 3.08. The van der Waals surface area contributed by atoms with Gasteiger partial charge in [-0.1, -0.05) is 11.6 Å². The summed E-state index contributed by atoms with van der Waals surface area (Å²) in [4.78, 5) is 23.7. The molecule has 2 amide bonds. The number of alkyl halides is 2. The minimum absolute atomic E-state index is 0.379. The van der Waals surface area contributed by atoms with Gasteiger partial charge in [-0.15, -0.1) is 0 Å². The van der Waals surface area contributed by atoms with Gasteiger partial charge in [-0.2, -0.15) is 8.78 Å². The Morgan fingerprint density at radius 2 is 2.00 bits per heavy atom. The Bertz CT molecular complexity index is 624. The Kier molecular flexibility index (Phi) is 3.83. The molecule has 1 saturated heterocycles. The first-order chi connectivity index (χ1) is 9.63. The lowest BCUT2D eigenvalue weighted by atomic mass is 10.1. The van der Waals surface area contributed by atoms with Crippen LogP contribution in [0.25, 0.3) is 0 Å². The van der Waals surface area contributed by atoms with E-state index in [2.05, 4.69) is 0 Å². The number of carbonyl (C=O) groups is 2. The Balaban J connectivity index is 2.25. The van der Waals surface area contributed by atoms with E-state index in [0.717, 1.165) is 13.1 Å². The van der Waals surface area contributed by atoms with Gasteiger partial charge in [0.1, 0.15) is 17.7 Å². The smallest absolute Gasteiger partial charge is 0.327 e. The van der Waals surface area contributed by atoms with E-state index < -0.39 is 46.9 Å². The van der Waals surface area contributed by atoms with Crippen molar-refractivity contribution in [1.82, 2.24) is 5.32 Å². The quantitative estimate of drug-likeness (QED) is 0.669. The van der Waals surface area contributed by atoms with Crippen molar-refractivity contribution in [2.45, 2.75) is 18.4 Å². The molecule has 4 nitrogen and oxygen atoms in total. The average molecular weight is 325 g/mol. The van der Waals surface area contributed by atoms with Gasteiger partial charge in [0, 0.05) is 13.1 Å². The van der Waals surface area contributed by atoms with Crippen LogP contribution in [0.2, 0.25) is 5.02 Å². The molecule has 0 saturated carbocycles. The van der Waals surface area contributed by atoms with Crippen molar-refractivity contribution in [2.75, 3.05) is 11.9 Å². The number of anilines is 1. The van der Waals surface area contributed by atoms with Gasteiger partial charge in [0.25, 0.3) is 5.91 Å². The predicted molar refractivity (Wildman–Crippen MR) is 66.3 cm³/mol. The molecule has 9 heteroatoms. The van der Waals surface area contributed by atoms with E-state index in [1.807, 2.05) is 5.32 Å². The predicted octanol–water partition coefficient (Wildman–Crippen LogP) is 2.10. The Labute approximate surface area is 121 Å². The zero-order valence-electron chi connectivity index (χ0n) is 10.6. The van der Waals surface area contributed by atoms with Crippen LogP contribution in [0.4, 0.5) is 23.2 Å². The normalized spacial score (nSPS) is 20.3. The van der Waals surface area contributed by atoms with E-state index in [-0.39, 0.29) is 5.69 Å². The first kappa shape index (κ1) is 15.6. The molecule has 1 aromatic carbocycles. The zero-order valence-corrected chi connectivity index (χ0v) is 11.3. The van der Waals surface area contributed by atoms with E-state index in [9.17, 15) is 27.2 Å². The SMILES string of the molecule is CN(C(=O)[C@@H]1CC(F)(F)C(=O)N1)c1cc(Cl)c(F)cc1F. The molecule has 1 heterocycles. The van der Waals surface area contributed by atoms with Crippen LogP contribution in [0, 0.1) is 11.6 Å². The maximum atomic E-state index is 13.6. The van der Waals surface area contributed by atoms with E-state index in [4.69, 9.17) is 11.6 Å². The topological polar surface area (TPSA) is 49.4 Å². The first-order valence-corrected chi connectivity index (χ1v) is 6.12. The lowest BCUT2D eigenvalue weighted by Crippen LogP contribution is -2.43. The monoisotopic (exact) mass is 324 g/mol. The second-order valence-electron chi connectivity index (χ2n) is 4.55. The van der Waals surface area contributed by atoms with Crippen LogP contribution >= 0.6 is 11.6 Å². The summed E-state index contributed by atoms with van der Waals surface area (Å²) in [6, 6.07) is -0.150. The van der Waals surface area contributed by atoms with Crippen LogP contribution in [-0.2, 0) is 9.59 Å². The lowest BCUT2D eigenvalue weighted by molar-refractivity contribution is -0.139. The second kappa shape index (κ2) is 5.18. The minimum atomic E-state index is -3.65. The van der Waals surface area contributed by atoms with Gasteiger partial charge in [0.2, 0.25) is 5.91 Å². The van der Waals surface area contributed by atoms with Crippen LogP contribution in [-0.4, -0.2) is 30.8 Å². The van der Waals surface area contributed by atoms with Gasteiger partial charge >= 0.3 is 5.92 Å². The fourth-order valence-corrected chi connectivity index (χ4v) is 2.09. The number of hydrogen-bond acceptors (Lipinski definition) is 2. The molecule has 0 unspecified atom stereocenters. The van der Waals surface area contributed by atoms with Gasteiger partial charge in [-0.05, 0) is 6.07 Å². The Morgan fingerprint density at radius 1 is 1.38 bits per heavy atom. The second-order valence-corrected chi connectivity index (χ2v) is 4.96. The van der Waals surface area contributed by atoms with Crippen molar-refractivity contribution < 1.29 is 27.2 Å². The first-order valence-electron chi connectivity index (χ1n) is 5.74. The lowest BCUT2D eigenvalue weighted by Gasteiger charge is -2.21. The molecular weight excluding hydrogens is 316 g/mol. The van der Waals surface area contributed by atoms with Gasteiger partial charge < -0.3 is 10.2 Å². The standard InChI is InChI=1S/C12H9ClF4N2O2/c1-19(9-2-5(13)6(14)3-7(9)15)10(20)8-4-12(16,17)11(21)18-8/h2-3,8H,4H2,1H3,(H,18,21)/t8-/m0/s1. The third kappa shape index (κ3) is 2.80. The molecule has 0 aliphatic carbocycles. The summed E-state index contributed by atoms with van der Waals surface area (Å²) in [5, 5.41) is 1.41. The van der Waals surface area contributed by atoms with Crippen LogP contribution in [0.5, 0.6) is 0 Å². The molecule has 0 bridgehead atoms. The molecular formula is C12H9ClF4N2O2. The average Bonchev–Trinajstić information content (AvgIpc) is 2.66. The number of likely N-dealkylation sites (N-methyl/N-ethyl adjacent to an activating group) is 1. The van der Waals surface area contributed by atoms with Gasteiger partial charge in [-0.25, -0.2) is 8.78 Å². The molecule has 21 heavy (non-hydrogen) atoms. The molecule has 1 aliphatic heterocycles. The van der Waals surface area contributed by atoms with Crippen LogP contribution < -0.4 is 10.2 Å². The molecule has 1 N–H and O–H groups in total. The summed E-state index contributed by atoms with van der Waals surface area (Å²) in [6.07, 6.45) is -1.02. The van der Waals surface area contributed by atoms with Crippen molar-refractivity contribution in [2.24, 2.45) is 0 Å². The number of rotatable bonds is 2. The van der Waals surface area contributed by atoms with Crippen LogP contribution in [0.3, 0.4) is 0 Å². The van der Waals surface area contributed by atoms with E-state index in [0.29, 0.717) is 11.0 Å². The van der Waals surface area contributed by atoms with Crippen LogP contribution in [0.1, 0.15) is 6.42 Å². The van der Waals surface area contributed by atoms with Crippen molar-refractivity contribution in [3.8, 4) is 0 Å². The number of halogens is 5. The molecule has 1 aromatic rings. The van der Waals surface area contributed by atoms with Gasteiger partial charge in [0.15, 0.2) is 0 Å². The molecule has 1 atom stereocenters. The maximum absolute atomic E-state index is 13.6. The summed E-state index contributed by atoms with van der Waals surface area (Å²) >= 11 is 5.49. The molecule has 0 aromatic heterocycles. The highest BCUT2D eigenvalue weighted by molar-refractivity contribution is 6.31. The molecule has 0 spiro atoms. The third-order valence-corrected chi connectivity index (χ3v) is 3.37. The van der Waals surface area contributed by atoms with E-state index >= 15 is 0 Å². The number of amides is 2. The largest absolute Gasteiger partial charge is 0.339 e. The van der Waals surface area contributed by atoms with Gasteiger partial charge in [0.05, 0.1) is 17.1 Å². The van der Waals surface area contributed by atoms with Crippen molar-refractivity contribution in [1.29, 1.82) is 0 Å². The molecule has 2 rings (SSSR count). The summed E-state index contributed by atoms with van der Waals surface area (Å²) in [5.41, 5.74) is -0.379. The fraction of sp³-hybridized carbons (Fsp3) is 0.333. The summed E-state index contributed by atoms with van der Waals surface area (Å²) in [5.74, 6) is -8.27. The summed E-state index contributed by atoms with van der Waals surface area (Å²) in [7, 11) is 1.11. The van der Waals surface area contributed by atoms with Crippen molar-refractivity contribution >= 4 is 29.1 Å². The highest BCUT2D eigenvalue weighted by atomic mass is 35.5. The molecule has 114 valence electrons. The summed E-state index contributed by atoms with van der Waals surface area (Å²) in [6.45, 7) is 0. The molecule has 1 aliphatic rings. The maximum Gasteiger partial charge on any atom is 0.327 e. The molecule has 1 fully saturated rings. The van der Waals surface area contributed by atoms with E-state index in [1.54, 1.807) is 0 Å². The summed E-state index contributed by atoms with van der Waals surface area (Å²) < 4.78 is 52.8. The highest BCUT2D eigenvalue weighted by Crippen LogP contribution is 2.30. The van der Waals surface area contributed by atoms with Crippen LogP contribution in [0.15, 0.2) is 12.1 Å². The highest BCUT2D eigenvalue weighted by Gasteiger charge is 2.51. The zero-order chi connectivity index (χ0) is 15.9. The minimum Gasteiger partial charge on any atom is -0.339 e. The fourth-order valence-electron chi connectivity index (χ4n) is 1.93. The molecule has 0 radical (unpaired) electrons. The van der Waals surface area contributed by atoms with Crippen molar-refractivity contribution in [3.05, 3.63) is 28.8 Å².